The maximum Gasteiger partial charge on any atom is 0.119 e. The standard InChI is InChI=1S/C15H20N2O2/c1-15(2)11-17(10-14(15)18)7-8-19-13-5-3-12(9-16)4-6-13/h3-6,14,18H,7-8,10-11H2,1-2H3. The van der Waals surface area contributed by atoms with Gasteiger partial charge >= 0.3 is 0 Å². The Hall–Kier alpha value is -1.57. The first kappa shape index (κ1) is 13.9. The van der Waals surface area contributed by atoms with Crippen LogP contribution in [0.15, 0.2) is 24.3 Å². The minimum absolute atomic E-state index is 0.0333. The number of benzene rings is 1. The molecule has 0 spiro atoms. The smallest absolute Gasteiger partial charge is 0.119 e. The fourth-order valence-corrected chi connectivity index (χ4v) is 2.33. The molecule has 0 aromatic heterocycles. The fourth-order valence-electron chi connectivity index (χ4n) is 2.33. The van der Waals surface area contributed by atoms with E-state index in [9.17, 15) is 5.11 Å². The Morgan fingerprint density at radius 1 is 1.42 bits per heavy atom. The number of hydrogen-bond acceptors (Lipinski definition) is 4. The largest absolute Gasteiger partial charge is 0.492 e. The minimum atomic E-state index is -0.262. The molecule has 0 bridgehead atoms. The number of nitriles is 1. The summed E-state index contributed by atoms with van der Waals surface area (Å²) < 4.78 is 5.64. The first-order valence-corrected chi connectivity index (χ1v) is 6.55. The molecule has 1 heterocycles. The molecule has 0 aliphatic carbocycles. The molecule has 4 heteroatoms. The van der Waals surface area contributed by atoms with Crippen LogP contribution in [0, 0.1) is 16.7 Å². The van der Waals surface area contributed by atoms with Gasteiger partial charge in [-0.1, -0.05) is 13.8 Å². The Morgan fingerprint density at radius 2 is 2.11 bits per heavy atom. The molecular formula is C15H20N2O2. The predicted molar refractivity (Wildman–Crippen MR) is 72.9 cm³/mol. The number of β-amino-alcohol motifs (C(OH)–C–C–N with tert-alkyl or cyclic N) is 1. The summed E-state index contributed by atoms with van der Waals surface area (Å²) in [6, 6.07) is 9.19. The summed E-state index contributed by atoms with van der Waals surface area (Å²) in [6.07, 6.45) is -0.262. The van der Waals surface area contributed by atoms with E-state index in [1.54, 1.807) is 24.3 Å². The minimum Gasteiger partial charge on any atom is -0.492 e. The quantitative estimate of drug-likeness (QED) is 0.894. The molecule has 1 N–H and O–H groups in total. The van der Waals surface area contributed by atoms with E-state index in [0.29, 0.717) is 18.7 Å². The molecule has 0 amide bonds. The van der Waals surface area contributed by atoms with Gasteiger partial charge in [-0.3, -0.25) is 4.90 Å². The summed E-state index contributed by atoms with van der Waals surface area (Å²) in [5, 5.41) is 18.6. The summed E-state index contributed by atoms with van der Waals surface area (Å²) in [5.74, 6) is 0.776. The van der Waals surface area contributed by atoms with E-state index < -0.39 is 0 Å². The number of likely N-dealkylation sites (tertiary alicyclic amines) is 1. The highest BCUT2D eigenvalue weighted by molar-refractivity contribution is 5.34. The van der Waals surface area contributed by atoms with Gasteiger partial charge in [0.15, 0.2) is 0 Å². The normalized spacial score (nSPS) is 22.1. The van der Waals surface area contributed by atoms with E-state index in [4.69, 9.17) is 10.00 Å². The van der Waals surface area contributed by atoms with E-state index in [2.05, 4.69) is 24.8 Å². The van der Waals surface area contributed by atoms with Gasteiger partial charge in [-0.05, 0) is 24.3 Å². The van der Waals surface area contributed by atoms with Crippen molar-refractivity contribution in [3.05, 3.63) is 29.8 Å². The zero-order valence-electron chi connectivity index (χ0n) is 11.5. The monoisotopic (exact) mass is 260 g/mol. The van der Waals surface area contributed by atoms with Gasteiger partial charge in [0.2, 0.25) is 0 Å². The summed E-state index contributed by atoms with van der Waals surface area (Å²) >= 11 is 0. The van der Waals surface area contributed by atoms with Gasteiger partial charge in [0, 0.05) is 25.0 Å². The average Bonchev–Trinajstić information content (AvgIpc) is 2.64. The second-order valence-electron chi connectivity index (χ2n) is 5.72. The van der Waals surface area contributed by atoms with Gasteiger partial charge in [0.25, 0.3) is 0 Å². The molecule has 1 fully saturated rings. The molecule has 1 unspecified atom stereocenters. The van der Waals surface area contributed by atoms with Gasteiger partial charge in [-0.2, -0.15) is 5.26 Å². The first-order valence-electron chi connectivity index (χ1n) is 6.55. The van der Waals surface area contributed by atoms with Gasteiger partial charge in [0.1, 0.15) is 12.4 Å². The summed E-state index contributed by atoms with van der Waals surface area (Å²) in [6.45, 7) is 7.17. The van der Waals surface area contributed by atoms with Crippen molar-refractivity contribution in [2.75, 3.05) is 26.2 Å². The number of nitrogens with zero attached hydrogens (tertiary/aromatic N) is 2. The third-order valence-electron chi connectivity index (χ3n) is 3.62. The second kappa shape index (κ2) is 5.60. The van der Waals surface area contributed by atoms with Gasteiger partial charge in [-0.15, -0.1) is 0 Å². The van der Waals surface area contributed by atoms with Crippen molar-refractivity contribution in [1.29, 1.82) is 5.26 Å². The Bertz CT molecular complexity index is 462. The summed E-state index contributed by atoms with van der Waals surface area (Å²) in [5.41, 5.74) is 0.603. The topological polar surface area (TPSA) is 56.5 Å². The maximum absolute atomic E-state index is 9.89. The van der Waals surface area contributed by atoms with Gasteiger partial charge in [0.05, 0.1) is 17.7 Å². The Kier molecular flexibility index (Phi) is 4.08. The molecule has 1 aromatic carbocycles. The highest BCUT2D eigenvalue weighted by Gasteiger charge is 2.37. The molecular weight excluding hydrogens is 240 g/mol. The van der Waals surface area contributed by atoms with Gasteiger partial charge in [-0.25, -0.2) is 0 Å². The van der Waals surface area contributed by atoms with Crippen molar-refractivity contribution in [2.24, 2.45) is 5.41 Å². The molecule has 4 nitrogen and oxygen atoms in total. The van der Waals surface area contributed by atoms with Crippen LogP contribution >= 0.6 is 0 Å². The number of ether oxygens (including phenoxy) is 1. The summed E-state index contributed by atoms with van der Waals surface area (Å²) in [7, 11) is 0. The van der Waals surface area contributed by atoms with Crippen LogP contribution in [0.25, 0.3) is 0 Å². The first-order chi connectivity index (χ1) is 9.01. The van der Waals surface area contributed by atoms with Crippen LogP contribution in [0.2, 0.25) is 0 Å². The highest BCUT2D eigenvalue weighted by Crippen LogP contribution is 2.29. The van der Waals surface area contributed by atoms with Crippen LogP contribution in [-0.2, 0) is 0 Å². The Labute approximate surface area is 114 Å². The van der Waals surface area contributed by atoms with Crippen molar-refractivity contribution in [3.63, 3.8) is 0 Å². The van der Waals surface area contributed by atoms with Crippen molar-refractivity contribution < 1.29 is 9.84 Å². The average molecular weight is 260 g/mol. The number of aliphatic hydroxyl groups is 1. The Morgan fingerprint density at radius 3 is 2.63 bits per heavy atom. The molecule has 1 aliphatic rings. The number of hydrogen-bond donors (Lipinski definition) is 1. The van der Waals surface area contributed by atoms with Crippen molar-refractivity contribution in [3.8, 4) is 11.8 Å². The molecule has 1 aromatic rings. The molecule has 19 heavy (non-hydrogen) atoms. The maximum atomic E-state index is 9.89. The van der Waals surface area contributed by atoms with Gasteiger partial charge < -0.3 is 9.84 Å². The van der Waals surface area contributed by atoms with Crippen LogP contribution in [0.3, 0.4) is 0 Å². The van der Waals surface area contributed by atoms with Crippen LogP contribution in [0.4, 0.5) is 0 Å². The van der Waals surface area contributed by atoms with Crippen LogP contribution < -0.4 is 4.74 Å². The van der Waals surface area contributed by atoms with Crippen LogP contribution in [0.1, 0.15) is 19.4 Å². The van der Waals surface area contributed by atoms with E-state index in [1.165, 1.54) is 0 Å². The second-order valence-corrected chi connectivity index (χ2v) is 5.72. The molecule has 1 aliphatic heterocycles. The predicted octanol–water partition coefficient (Wildman–Crippen LogP) is 1.64. The highest BCUT2D eigenvalue weighted by atomic mass is 16.5. The fraction of sp³-hybridized carbons (Fsp3) is 0.533. The lowest BCUT2D eigenvalue weighted by Crippen LogP contribution is -2.28. The van der Waals surface area contributed by atoms with E-state index in [-0.39, 0.29) is 11.5 Å². The lowest BCUT2D eigenvalue weighted by atomic mass is 9.90. The third kappa shape index (κ3) is 3.46. The van der Waals surface area contributed by atoms with E-state index in [0.717, 1.165) is 18.8 Å². The Balaban J connectivity index is 1.77. The number of aliphatic hydroxyl groups excluding tert-OH is 1. The van der Waals surface area contributed by atoms with Crippen molar-refractivity contribution >= 4 is 0 Å². The zero-order chi connectivity index (χ0) is 13.9. The zero-order valence-corrected chi connectivity index (χ0v) is 11.5. The lowest BCUT2D eigenvalue weighted by molar-refractivity contribution is 0.0954. The third-order valence-corrected chi connectivity index (χ3v) is 3.62. The number of rotatable bonds is 4. The van der Waals surface area contributed by atoms with E-state index in [1.807, 2.05) is 0 Å². The van der Waals surface area contributed by atoms with Crippen LogP contribution in [-0.4, -0.2) is 42.4 Å². The summed E-state index contributed by atoms with van der Waals surface area (Å²) in [4.78, 5) is 2.22. The molecule has 0 radical (unpaired) electrons. The molecule has 102 valence electrons. The van der Waals surface area contributed by atoms with Crippen LogP contribution in [0.5, 0.6) is 5.75 Å². The lowest BCUT2D eigenvalue weighted by Gasteiger charge is -2.21. The van der Waals surface area contributed by atoms with Crippen molar-refractivity contribution in [1.82, 2.24) is 4.90 Å². The van der Waals surface area contributed by atoms with Crippen molar-refractivity contribution in [2.45, 2.75) is 20.0 Å². The molecule has 0 saturated carbocycles. The molecule has 1 atom stereocenters. The molecule has 2 rings (SSSR count). The van der Waals surface area contributed by atoms with E-state index >= 15 is 0 Å². The SMILES string of the molecule is CC1(C)CN(CCOc2ccc(C#N)cc2)CC1O. The molecule has 1 saturated heterocycles.